The summed E-state index contributed by atoms with van der Waals surface area (Å²) in [5.74, 6) is 1.73. The lowest BCUT2D eigenvalue weighted by molar-refractivity contribution is 0.627. The van der Waals surface area contributed by atoms with Crippen molar-refractivity contribution in [3.8, 4) is 11.4 Å². The Hall–Kier alpha value is -1.97. The molecule has 104 valence electrons. The van der Waals surface area contributed by atoms with Crippen LogP contribution in [0.2, 0.25) is 0 Å². The number of anilines is 1. The van der Waals surface area contributed by atoms with Crippen LogP contribution in [0.3, 0.4) is 0 Å². The predicted molar refractivity (Wildman–Crippen MR) is 78.3 cm³/mol. The number of rotatable bonds is 4. The SMILES string of the molecule is CCNc1cc(C2CC2)nc(-c2cc(C)cc(F)c2)n1. The van der Waals surface area contributed by atoms with E-state index >= 15 is 0 Å². The molecule has 1 heterocycles. The second-order valence-corrected chi connectivity index (χ2v) is 5.32. The van der Waals surface area contributed by atoms with Crippen LogP contribution in [0.5, 0.6) is 0 Å². The van der Waals surface area contributed by atoms with Gasteiger partial charge in [0.25, 0.3) is 0 Å². The third-order valence-corrected chi connectivity index (χ3v) is 3.40. The first-order valence-corrected chi connectivity index (χ1v) is 7.06. The van der Waals surface area contributed by atoms with Gasteiger partial charge in [0.15, 0.2) is 5.82 Å². The van der Waals surface area contributed by atoms with Crippen molar-refractivity contribution in [3.05, 3.63) is 41.3 Å². The van der Waals surface area contributed by atoms with Gasteiger partial charge in [-0.1, -0.05) is 0 Å². The Bertz CT molecular complexity index is 615. The zero-order valence-electron chi connectivity index (χ0n) is 11.8. The Morgan fingerprint density at radius 3 is 2.65 bits per heavy atom. The lowest BCUT2D eigenvalue weighted by Gasteiger charge is -2.09. The molecule has 0 unspecified atom stereocenters. The molecule has 1 fully saturated rings. The van der Waals surface area contributed by atoms with Gasteiger partial charge in [0.2, 0.25) is 0 Å². The fourth-order valence-electron chi connectivity index (χ4n) is 2.32. The highest BCUT2D eigenvalue weighted by Crippen LogP contribution is 2.40. The van der Waals surface area contributed by atoms with Crippen molar-refractivity contribution in [2.75, 3.05) is 11.9 Å². The van der Waals surface area contributed by atoms with Gasteiger partial charge in [-0.3, -0.25) is 0 Å². The van der Waals surface area contributed by atoms with E-state index in [1.54, 1.807) is 0 Å². The summed E-state index contributed by atoms with van der Waals surface area (Å²) >= 11 is 0. The summed E-state index contributed by atoms with van der Waals surface area (Å²) in [5, 5.41) is 3.23. The summed E-state index contributed by atoms with van der Waals surface area (Å²) in [6, 6.07) is 6.94. The number of nitrogens with one attached hydrogen (secondary N) is 1. The van der Waals surface area contributed by atoms with Crippen LogP contribution in [-0.2, 0) is 0 Å². The van der Waals surface area contributed by atoms with Crippen molar-refractivity contribution in [1.82, 2.24) is 9.97 Å². The second-order valence-electron chi connectivity index (χ2n) is 5.32. The number of hydrogen-bond acceptors (Lipinski definition) is 3. The van der Waals surface area contributed by atoms with Crippen molar-refractivity contribution in [2.45, 2.75) is 32.6 Å². The fourth-order valence-corrected chi connectivity index (χ4v) is 2.32. The minimum atomic E-state index is -0.245. The van der Waals surface area contributed by atoms with Crippen LogP contribution in [0.1, 0.15) is 36.9 Å². The summed E-state index contributed by atoms with van der Waals surface area (Å²) in [7, 11) is 0. The maximum absolute atomic E-state index is 13.6. The first-order valence-electron chi connectivity index (χ1n) is 7.06. The monoisotopic (exact) mass is 271 g/mol. The van der Waals surface area contributed by atoms with Gasteiger partial charge in [-0.25, -0.2) is 14.4 Å². The average Bonchev–Trinajstić information content (AvgIpc) is 3.22. The van der Waals surface area contributed by atoms with Crippen LogP contribution in [0.15, 0.2) is 24.3 Å². The van der Waals surface area contributed by atoms with E-state index in [0.717, 1.165) is 29.2 Å². The van der Waals surface area contributed by atoms with Gasteiger partial charge >= 0.3 is 0 Å². The molecule has 1 aromatic heterocycles. The predicted octanol–water partition coefficient (Wildman–Crippen LogP) is 3.90. The van der Waals surface area contributed by atoms with Gasteiger partial charge in [0.05, 0.1) is 0 Å². The molecule has 1 aromatic carbocycles. The molecular weight excluding hydrogens is 253 g/mol. The molecule has 0 bridgehead atoms. The molecule has 3 rings (SSSR count). The Kier molecular flexibility index (Phi) is 3.38. The number of benzene rings is 1. The van der Waals surface area contributed by atoms with E-state index in [4.69, 9.17) is 0 Å². The van der Waals surface area contributed by atoms with Crippen molar-refractivity contribution in [3.63, 3.8) is 0 Å². The van der Waals surface area contributed by atoms with Gasteiger partial charge in [-0.05, 0) is 50.5 Å². The molecule has 0 spiro atoms. The van der Waals surface area contributed by atoms with E-state index < -0.39 is 0 Å². The van der Waals surface area contributed by atoms with Crippen LogP contribution >= 0.6 is 0 Å². The van der Waals surface area contributed by atoms with Gasteiger partial charge < -0.3 is 5.32 Å². The Morgan fingerprint density at radius 2 is 2.00 bits per heavy atom. The Balaban J connectivity index is 2.06. The third kappa shape index (κ3) is 2.79. The highest BCUT2D eigenvalue weighted by Gasteiger charge is 2.26. The summed E-state index contributed by atoms with van der Waals surface area (Å²) in [4.78, 5) is 9.11. The van der Waals surface area contributed by atoms with E-state index in [2.05, 4.69) is 15.3 Å². The second kappa shape index (κ2) is 5.19. The molecule has 4 heteroatoms. The average molecular weight is 271 g/mol. The van der Waals surface area contributed by atoms with E-state index in [9.17, 15) is 4.39 Å². The first kappa shape index (κ1) is 13.0. The maximum Gasteiger partial charge on any atom is 0.161 e. The van der Waals surface area contributed by atoms with E-state index in [1.807, 2.05) is 26.0 Å². The third-order valence-electron chi connectivity index (χ3n) is 3.40. The summed E-state index contributed by atoms with van der Waals surface area (Å²) < 4.78 is 13.6. The maximum atomic E-state index is 13.6. The quantitative estimate of drug-likeness (QED) is 0.916. The van der Waals surface area contributed by atoms with Crippen molar-refractivity contribution in [2.24, 2.45) is 0 Å². The molecule has 1 saturated carbocycles. The Labute approximate surface area is 118 Å². The normalized spacial score (nSPS) is 14.3. The number of nitrogens with zero attached hydrogens (tertiary/aromatic N) is 2. The molecule has 20 heavy (non-hydrogen) atoms. The lowest BCUT2D eigenvalue weighted by Crippen LogP contribution is -2.04. The highest BCUT2D eigenvalue weighted by atomic mass is 19.1. The van der Waals surface area contributed by atoms with Crippen molar-refractivity contribution in [1.29, 1.82) is 0 Å². The molecule has 0 atom stereocenters. The topological polar surface area (TPSA) is 37.8 Å². The minimum Gasteiger partial charge on any atom is -0.370 e. The zero-order valence-corrected chi connectivity index (χ0v) is 11.8. The largest absolute Gasteiger partial charge is 0.370 e. The highest BCUT2D eigenvalue weighted by molar-refractivity contribution is 5.59. The van der Waals surface area contributed by atoms with E-state index in [1.165, 1.54) is 25.0 Å². The number of aryl methyl sites for hydroxylation is 1. The molecule has 0 radical (unpaired) electrons. The molecule has 1 aliphatic carbocycles. The lowest BCUT2D eigenvalue weighted by atomic mass is 10.1. The number of hydrogen-bond donors (Lipinski definition) is 1. The van der Waals surface area contributed by atoms with E-state index in [-0.39, 0.29) is 5.82 Å². The van der Waals surface area contributed by atoms with Crippen LogP contribution in [0.4, 0.5) is 10.2 Å². The van der Waals surface area contributed by atoms with Gasteiger partial charge in [-0.2, -0.15) is 0 Å². The molecule has 0 aliphatic heterocycles. The molecule has 3 nitrogen and oxygen atoms in total. The number of halogens is 1. The van der Waals surface area contributed by atoms with Crippen LogP contribution in [0.25, 0.3) is 11.4 Å². The van der Waals surface area contributed by atoms with Crippen LogP contribution in [-0.4, -0.2) is 16.5 Å². The molecule has 1 N–H and O–H groups in total. The van der Waals surface area contributed by atoms with Gasteiger partial charge in [0.1, 0.15) is 11.6 Å². The van der Waals surface area contributed by atoms with Gasteiger partial charge in [0, 0.05) is 29.8 Å². The van der Waals surface area contributed by atoms with E-state index in [0.29, 0.717) is 11.7 Å². The molecule has 0 saturated heterocycles. The standard InChI is InChI=1S/C16H18FN3/c1-3-18-15-9-14(11-4-5-11)19-16(20-15)12-6-10(2)7-13(17)8-12/h6-9,11H,3-5H2,1-2H3,(H,18,19,20). The smallest absolute Gasteiger partial charge is 0.161 e. The summed E-state index contributed by atoms with van der Waals surface area (Å²) in [5.41, 5.74) is 2.68. The van der Waals surface area contributed by atoms with Crippen LogP contribution < -0.4 is 5.32 Å². The molecule has 1 aliphatic rings. The van der Waals surface area contributed by atoms with Gasteiger partial charge in [-0.15, -0.1) is 0 Å². The Morgan fingerprint density at radius 1 is 1.20 bits per heavy atom. The fraction of sp³-hybridized carbons (Fsp3) is 0.375. The zero-order chi connectivity index (χ0) is 14.1. The molecule has 0 amide bonds. The minimum absolute atomic E-state index is 0.245. The van der Waals surface area contributed by atoms with Crippen molar-refractivity contribution < 1.29 is 4.39 Å². The van der Waals surface area contributed by atoms with Crippen molar-refractivity contribution >= 4 is 5.82 Å². The molecular formula is C16H18FN3. The summed E-state index contributed by atoms with van der Waals surface area (Å²) in [6.45, 7) is 4.72. The summed E-state index contributed by atoms with van der Waals surface area (Å²) in [6.07, 6.45) is 2.37. The number of aromatic nitrogens is 2. The van der Waals surface area contributed by atoms with Crippen LogP contribution in [0, 0.1) is 12.7 Å². The molecule has 2 aromatic rings. The first-order chi connectivity index (χ1) is 9.65.